The summed E-state index contributed by atoms with van der Waals surface area (Å²) in [6.07, 6.45) is 5.52. The second-order valence-electron chi connectivity index (χ2n) is 3.92. The summed E-state index contributed by atoms with van der Waals surface area (Å²) in [5.74, 6) is 0. The molecule has 0 radical (unpaired) electrons. The highest BCUT2D eigenvalue weighted by Gasteiger charge is 2.06. The fraction of sp³-hybridized carbons (Fsp3) is 0.0769. The minimum atomic E-state index is -0.204. The lowest BCUT2D eigenvalue weighted by Gasteiger charge is -2.01. The molecule has 0 spiro atoms. The number of aromatic amines is 1. The minimum Gasteiger partial charge on any atom is -0.304 e. The van der Waals surface area contributed by atoms with E-state index in [1.54, 1.807) is 24.7 Å². The van der Waals surface area contributed by atoms with E-state index in [2.05, 4.69) is 19.9 Å². The monoisotopic (exact) mass is 274 g/mol. The first kappa shape index (κ1) is 13.2. The molecule has 19 heavy (non-hydrogen) atoms. The summed E-state index contributed by atoms with van der Waals surface area (Å²) < 4.78 is 0. The van der Waals surface area contributed by atoms with Gasteiger partial charge in [-0.2, -0.15) is 0 Å². The first-order valence-corrected chi connectivity index (χ1v) is 5.56. The topological polar surface area (TPSA) is 71.5 Å². The summed E-state index contributed by atoms with van der Waals surface area (Å²) in [6, 6.07) is 7.38. The van der Waals surface area contributed by atoms with Gasteiger partial charge in [-0.15, -0.1) is 12.4 Å². The maximum atomic E-state index is 11.9. The van der Waals surface area contributed by atoms with Crippen LogP contribution in [0.3, 0.4) is 0 Å². The number of hydrogen-bond acceptors (Lipinski definition) is 4. The molecule has 3 aromatic heterocycles. The van der Waals surface area contributed by atoms with Gasteiger partial charge in [0.1, 0.15) is 11.2 Å². The summed E-state index contributed by atoms with van der Waals surface area (Å²) in [5, 5.41) is 0. The molecule has 96 valence electrons. The molecule has 6 heteroatoms. The van der Waals surface area contributed by atoms with Gasteiger partial charge in [-0.3, -0.25) is 9.78 Å². The van der Waals surface area contributed by atoms with E-state index in [-0.39, 0.29) is 18.0 Å². The van der Waals surface area contributed by atoms with Crippen molar-refractivity contribution in [3.05, 3.63) is 64.5 Å². The van der Waals surface area contributed by atoms with Crippen molar-refractivity contribution in [2.45, 2.75) is 6.42 Å². The summed E-state index contributed by atoms with van der Waals surface area (Å²) in [4.78, 5) is 27.0. The molecule has 0 aliphatic rings. The predicted molar refractivity (Wildman–Crippen MR) is 74.4 cm³/mol. The second-order valence-corrected chi connectivity index (χ2v) is 3.92. The molecule has 0 aliphatic carbocycles. The van der Waals surface area contributed by atoms with Crippen molar-refractivity contribution in [3.63, 3.8) is 0 Å². The van der Waals surface area contributed by atoms with Crippen LogP contribution < -0.4 is 5.56 Å². The number of nitrogens with one attached hydrogen (secondary N) is 1. The average molecular weight is 275 g/mol. The van der Waals surface area contributed by atoms with E-state index in [1.807, 2.05) is 18.2 Å². The summed E-state index contributed by atoms with van der Waals surface area (Å²) in [6.45, 7) is 0. The normalized spacial score (nSPS) is 10.1. The minimum absolute atomic E-state index is 0. The van der Waals surface area contributed by atoms with Gasteiger partial charge in [0.05, 0.1) is 0 Å². The molecule has 0 atom stereocenters. The molecule has 0 aromatic carbocycles. The van der Waals surface area contributed by atoms with Crippen molar-refractivity contribution in [3.8, 4) is 0 Å². The lowest BCUT2D eigenvalue weighted by Crippen LogP contribution is -2.16. The molecule has 0 saturated carbocycles. The molecule has 0 saturated heterocycles. The van der Waals surface area contributed by atoms with Crippen LogP contribution in [0.2, 0.25) is 0 Å². The van der Waals surface area contributed by atoms with Crippen LogP contribution in [0.25, 0.3) is 11.2 Å². The first-order valence-electron chi connectivity index (χ1n) is 5.56. The Balaban J connectivity index is 0.00000133. The number of nitrogens with zero attached hydrogens (tertiary/aromatic N) is 3. The molecule has 3 rings (SSSR count). The number of halogens is 1. The SMILES string of the molecule is Cl.O=c1[nH]c2ncccc2nc1Cc1cccnc1. The Morgan fingerprint density at radius 2 is 2.00 bits per heavy atom. The van der Waals surface area contributed by atoms with Crippen molar-refractivity contribution in [1.82, 2.24) is 19.9 Å². The summed E-state index contributed by atoms with van der Waals surface area (Å²) in [5.41, 5.74) is 2.43. The molecule has 0 amide bonds. The number of hydrogen-bond donors (Lipinski definition) is 1. The predicted octanol–water partition coefficient (Wildman–Crippen LogP) is 1.73. The zero-order chi connectivity index (χ0) is 12.4. The number of aromatic nitrogens is 4. The highest BCUT2D eigenvalue weighted by atomic mass is 35.5. The molecular weight excluding hydrogens is 264 g/mol. The van der Waals surface area contributed by atoms with Gasteiger partial charge < -0.3 is 4.98 Å². The van der Waals surface area contributed by atoms with Crippen LogP contribution in [0.1, 0.15) is 11.3 Å². The standard InChI is InChI=1S/C13H10N4O.ClH/c18-13-11(7-9-3-1-5-14-8-9)16-10-4-2-6-15-12(10)17-13;/h1-6,8H,7H2,(H,15,17,18);1H. The van der Waals surface area contributed by atoms with E-state index in [4.69, 9.17) is 0 Å². The maximum absolute atomic E-state index is 11.9. The Kier molecular flexibility index (Phi) is 3.87. The van der Waals surface area contributed by atoms with Crippen molar-refractivity contribution >= 4 is 23.6 Å². The van der Waals surface area contributed by atoms with E-state index < -0.39 is 0 Å². The largest absolute Gasteiger partial charge is 0.304 e. The van der Waals surface area contributed by atoms with Gasteiger partial charge >= 0.3 is 0 Å². The highest BCUT2D eigenvalue weighted by Crippen LogP contribution is 2.06. The van der Waals surface area contributed by atoms with Crippen LogP contribution in [0, 0.1) is 0 Å². The van der Waals surface area contributed by atoms with Crippen molar-refractivity contribution in [1.29, 1.82) is 0 Å². The van der Waals surface area contributed by atoms with Crippen molar-refractivity contribution < 1.29 is 0 Å². The van der Waals surface area contributed by atoms with E-state index >= 15 is 0 Å². The van der Waals surface area contributed by atoms with Gasteiger partial charge in [-0.1, -0.05) is 6.07 Å². The summed E-state index contributed by atoms with van der Waals surface area (Å²) in [7, 11) is 0. The number of rotatable bonds is 2. The third-order valence-electron chi connectivity index (χ3n) is 2.63. The highest BCUT2D eigenvalue weighted by molar-refractivity contribution is 5.85. The van der Waals surface area contributed by atoms with E-state index in [0.29, 0.717) is 23.3 Å². The Morgan fingerprint density at radius 3 is 2.79 bits per heavy atom. The zero-order valence-electron chi connectivity index (χ0n) is 9.91. The van der Waals surface area contributed by atoms with Gasteiger partial charge in [0.2, 0.25) is 0 Å². The van der Waals surface area contributed by atoms with Gasteiger partial charge in [0.25, 0.3) is 5.56 Å². The van der Waals surface area contributed by atoms with Gasteiger partial charge in [-0.25, -0.2) is 9.97 Å². The Morgan fingerprint density at radius 1 is 1.16 bits per heavy atom. The average Bonchev–Trinajstić information content (AvgIpc) is 2.41. The third-order valence-corrected chi connectivity index (χ3v) is 2.63. The molecule has 3 aromatic rings. The first-order chi connectivity index (χ1) is 8.83. The molecule has 0 bridgehead atoms. The lowest BCUT2D eigenvalue weighted by molar-refractivity contribution is 1.01. The molecule has 0 aliphatic heterocycles. The van der Waals surface area contributed by atoms with Crippen LogP contribution in [0.4, 0.5) is 0 Å². The molecule has 0 unspecified atom stereocenters. The van der Waals surface area contributed by atoms with Crippen molar-refractivity contribution in [2.75, 3.05) is 0 Å². The quantitative estimate of drug-likeness (QED) is 0.772. The van der Waals surface area contributed by atoms with E-state index in [0.717, 1.165) is 5.56 Å². The van der Waals surface area contributed by atoms with Crippen LogP contribution in [0.5, 0.6) is 0 Å². The van der Waals surface area contributed by atoms with Crippen LogP contribution in [-0.2, 0) is 6.42 Å². The Hall–Kier alpha value is -2.27. The Labute approximate surface area is 115 Å². The van der Waals surface area contributed by atoms with Gasteiger partial charge in [-0.05, 0) is 23.8 Å². The molecule has 5 nitrogen and oxygen atoms in total. The van der Waals surface area contributed by atoms with Gasteiger partial charge in [0.15, 0.2) is 5.65 Å². The Bertz CT molecular complexity index is 742. The fourth-order valence-corrected chi connectivity index (χ4v) is 1.78. The van der Waals surface area contributed by atoms with E-state index in [1.165, 1.54) is 0 Å². The molecule has 3 heterocycles. The molecular formula is C13H11ClN4O. The third kappa shape index (κ3) is 2.77. The lowest BCUT2D eigenvalue weighted by atomic mass is 10.1. The molecule has 1 N–H and O–H groups in total. The number of pyridine rings is 2. The molecule has 0 fully saturated rings. The second kappa shape index (κ2) is 5.58. The van der Waals surface area contributed by atoms with Gasteiger partial charge in [0, 0.05) is 25.0 Å². The zero-order valence-corrected chi connectivity index (χ0v) is 10.7. The fourth-order valence-electron chi connectivity index (χ4n) is 1.78. The number of H-pyrrole nitrogens is 1. The van der Waals surface area contributed by atoms with Crippen LogP contribution >= 0.6 is 12.4 Å². The van der Waals surface area contributed by atoms with Crippen LogP contribution in [-0.4, -0.2) is 19.9 Å². The van der Waals surface area contributed by atoms with E-state index in [9.17, 15) is 4.79 Å². The van der Waals surface area contributed by atoms with Crippen molar-refractivity contribution in [2.24, 2.45) is 0 Å². The smallest absolute Gasteiger partial charge is 0.271 e. The number of fused-ring (bicyclic) bond motifs is 1. The van der Waals surface area contributed by atoms with Crippen LogP contribution in [0.15, 0.2) is 47.7 Å². The maximum Gasteiger partial charge on any atom is 0.271 e. The summed E-state index contributed by atoms with van der Waals surface area (Å²) >= 11 is 0.